The van der Waals surface area contributed by atoms with Crippen molar-refractivity contribution in [3.05, 3.63) is 29.3 Å². The number of hydrogen-bond donors (Lipinski definition) is 1. The summed E-state index contributed by atoms with van der Waals surface area (Å²) in [4.78, 5) is 22.7. The molecule has 2 amide bonds. The van der Waals surface area contributed by atoms with Gasteiger partial charge in [-0.2, -0.15) is 5.10 Å². The zero-order chi connectivity index (χ0) is 12.7. The second-order valence-electron chi connectivity index (χ2n) is 4.56. The first-order valence-electron chi connectivity index (χ1n) is 5.90. The molecule has 3 rings (SSSR count). The molecule has 0 spiro atoms. The highest BCUT2D eigenvalue weighted by Crippen LogP contribution is 2.25. The summed E-state index contributed by atoms with van der Waals surface area (Å²) in [6.45, 7) is 0. The summed E-state index contributed by atoms with van der Waals surface area (Å²) >= 11 is 0. The molecule has 5 nitrogen and oxygen atoms in total. The van der Waals surface area contributed by atoms with Crippen LogP contribution in [0.3, 0.4) is 0 Å². The number of anilines is 1. The molecule has 2 aliphatic rings. The van der Waals surface area contributed by atoms with Crippen LogP contribution < -0.4 is 5.32 Å². The molecule has 0 fully saturated rings. The van der Waals surface area contributed by atoms with Crippen LogP contribution in [0.1, 0.15) is 24.0 Å². The van der Waals surface area contributed by atoms with Gasteiger partial charge in [0.05, 0.1) is 12.1 Å². The van der Waals surface area contributed by atoms with Gasteiger partial charge < -0.3 is 5.32 Å². The van der Waals surface area contributed by atoms with E-state index in [9.17, 15) is 9.59 Å². The molecule has 0 atom stereocenters. The van der Waals surface area contributed by atoms with Crippen LogP contribution in [-0.2, 0) is 16.0 Å². The van der Waals surface area contributed by atoms with Gasteiger partial charge in [0.1, 0.15) is 0 Å². The third kappa shape index (κ3) is 1.77. The van der Waals surface area contributed by atoms with E-state index in [1.807, 2.05) is 18.2 Å². The Bertz CT molecular complexity index is 578. The first-order chi connectivity index (χ1) is 8.63. The maximum absolute atomic E-state index is 11.4. The predicted octanol–water partition coefficient (Wildman–Crippen LogP) is 1.14. The fraction of sp³-hybridized carbons (Fsp3) is 0.308. The van der Waals surface area contributed by atoms with Gasteiger partial charge in [-0.05, 0) is 23.3 Å². The van der Waals surface area contributed by atoms with Crippen LogP contribution in [-0.4, -0.2) is 29.6 Å². The van der Waals surface area contributed by atoms with Crippen LogP contribution in [0.2, 0.25) is 0 Å². The zero-order valence-corrected chi connectivity index (χ0v) is 10.1. The summed E-state index contributed by atoms with van der Waals surface area (Å²) in [5.41, 5.74) is 3.77. The van der Waals surface area contributed by atoms with Gasteiger partial charge in [0, 0.05) is 25.6 Å². The second kappa shape index (κ2) is 3.94. The third-order valence-electron chi connectivity index (χ3n) is 3.27. The summed E-state index contributed by atoms with van der Waals surface area (Å²) in [5.74, 6) is 0.0665. The Morgan fingerprint density at radius 1 is 1.28 bits per heavy atom. The highest BCUT2D eigenvalue weighted by molar-refractivity contribution is 6.06. The number of hydrazone groups is 1. The quantitative estimate of drug-likeness (QED) is 0.804. The van der Waals surface area contributed by atoms with Gasteiger partial charge in [-0.25, -0.2) is 5.01 Å². The van der Waals surface area contributed by atoms with Crippen molar-refractivity contribution < 1.29 is 9.59 Å². The molecule has 1 aromatic carbocycles. The first kappa shape index (κ1) is 11.0. The Morgan fingerprint density at radius 2 is 2.11 bits per heavy atom. The Labute approximate surface area is 104 Å². The lowest BCUT2D eigenvalue weighted by Crippen LogP contribution is -2.28. The maximum atomic E-state index is 11.4. The Morgan fingerprint density at radius 3 is 2.89 bits per heavy atom. The molecule has 0 radical (unpaired) electrons. The molecular formula is C13H13N3O2. The molecule has 1 aromatic rings. The highest BCUT2D eigenvalue weighted by Gasteiger charge is 2.21. The van der Waals surface area contributed by atoms with Crippen LogP contribution >= 0.6 is 0 Å². The Balaban J connectivity index is 1.95. The van der Waals surface area contributed by atoms with Crippen LogP contribution in [0.15, 0.2) is 23.3 Å². The molecule has 0 saturated carbocycles. The lowest BCUT2D eigenvalue weighted by atomic mass is 10.0. The monoisotopic (exact) mass is 243 g/mol. The lowest BCUT2D eigenvalue weighted by molar-refractivity contribution is -0.130. The van der Waals surface area contributed by atoms with E-state index in [2.05, 4.69) is 10.4 Å². The van der Waals surface area contributed by atoms with Gasteiger partial charge in [-0.1, -0.05) is 6.07 Å². The molecule has 1 N–H and O–H groups in total. The minimum absolute atomic E-state index is 0.0278. The van der Waals surface area contributed by atoms with Gasteiger partial charge in [0.2, 0.25) is 11.8 Å². The average Bonchev–Trinajstić information content (AvgIpc) is 2.71. The number of hydrogen-bond acceptors (Lipinski definition) is 3. The van der Waals surface area contributed by atoms with Gasteiger partial charge in [-0.15, -0.1) is 0 Å². The lowest BCUT2D eigenvalue weighted by Gasteiger charge is -2.19. The van der Waals surface area contributed by atoms with Crippen molar-refractivity contribution in [3.63, 3.8) is 0 Å². The number of rotatable bonds is 1. The van der Waals surface area contributed by atoms with Gasteiger partial charge in [-0.3, -0.25) is 9.59 Å². The number of nitrogens with one attached hydrogen (secondary N) is 1. The van der Waals surface area contributed by atoms with Gasteiger partial charge in [0.25, 0.3) is 0 Å². The molecule has 5 heteroatoms. The van der Waals surface area contributed by atoms with Crippen molar-refractivity contribution in [2.75, 3.05) is 12.4 Å². The molecule has 0 saturated heterocycles. The standard InChI is InChI=1S/C13H13N3O2/c1-16-13(18)5-4-11(15-16)8-2-3-10-9(6-8)7-12(17)14-10/h2-3,6H,4-5,7H2,1H3,(H,14,17). The fourth-order valence-corrected chi connectivity index (χ4v) is 2.28. The topological polar surface area (TPSA) is 61.8 Å². The van der Waals surface area contributed by atoms with Crippen LogP contribution in [0.4, 0.5) is 5.69 Å². The molecule has 0 bridgehead atoms. The summed E-state index contributed by atoms with van der Waals surface area (Å²) in [5, 5.41) is 8.46. The fourth-order valence-electron chi connectivity index (χ4n) is 2.28. The molecule has 2 heterocycles. The third-order valence-corrected chi connectivity index (χ3v) is 3.27. The zero-order valence-electron chi connectivity index (χ0n) is 10.1. The van der Waals surface area contributed by atoms with E-state index in [0.29, 0.717) is 19.3 Å². The Kier molecular flexibility index (Phi) is 2.40. The number of fused-ring (bicyclic) bond motifs is 1. The normalized spacial score (nSPS) is 18.5. The summed E-state index contributed by atoms with van der Waals surface area (Å²) in [6, 6.07) is 5.82. The Hall–Kier alpha value is -2.17. The average molecular weight is 243 g/mol. The predicted molar refractivity (Wildman–Crippen MR) is 67.3 cm³/mol. The van der Waals surface area contributed by atoms with Crippen LogP contribution in [0.25, 0.3) is 0 Å². The van der Waals surface area contributed by atoms with Gasteiger partial charge >= 0.3 is 0 Å². The van der Waals surface area contributed by atoms with E-state index < -0.39 is 0 Å². The number of nitrogens with zero attached hydrogens (tertiary/aromatic N) is 2. The van der Waals surface area contributed by atoms with Crippen molar-refractivity contribution in [1.29, 1.82) is 0 Å². The van der Waals surface area contributed by atoms with E-state index in [0.717, 1.165) is 22.5 Å². The first-order valence-corrected chi connectivity index (χ1v) is 5.90. The number of carbonyl (C=O) groups excluding carboxylic acids is 2. The molecule has 18 heavy (non-hydrogen) atoms. The highest BCUT2D eigenvalue weighted by atomic mass is 16.2. The van der Waals surface area contributed by atoms with E-state index >= 15 is 0 Å². The van der Waals surface area contributed by atoms with Crippen LogP contribution in [0.5, 0.6) is 0 Å². The van der Waals surface area contributed by atoms with Crippen molar-refractivity contribution >= 4 is 23.2 Å². The van der Waals surface area contributed by atoms with Crippen LogP contribution in [0, 0.1) is 0 Å². The van der Waals surface area contributed by atoms with Crippen molar-refractivity contribution in [3.8, 4) is 0 Å². The maximum Gasteiger partial charge on any atom is 0.242 e. The smallest absolute Gasteiger partial charge is 0.242 e. The van der Waals surface area contributed by atoms with Gasteiger partial charge in [0.15, 0.2) is 0 Å². The minimum Gasteiger partial charge on any atom is -0.326 e. The molecule has 0 aliphatic carbocycles. The number of amides is 2. The van der Waals surface area contributed by atoms with E-state index in [1.54, 1.807) is 7.05 Å². The summed E-state index contributed by atoms with van der Waals surface area (Å²) < 4.78 is 0. The summed E-state index contributed by atoms with van der Waals surface area (Å²) in [7, 11) is 1.67. The van der Waals surface area contributed by atoms with Crippen molar-refractivity contribution in [1.82, 2.24) is 5.01 Å². The summed E-state index contributed by atoms with van der Waals surface area (Å²) in [6.07, 6.45) is 1.57. The molecular weight excluding hydrogens is 230 g/mol. The van der Waals surface area contributed by atoms with E-state index in [-0.39, 0.29) is 11.8 Å². The minimum atomic E-state index is 0.0278. The number of carbonyl (C=O) groups is 2. The molecule has 0 unspecified atom stereocenters. The van der Waals surface area contributed by atoms with E-state index in [1.165, 1.54) is 5.01 Å². The largest absolute Gasteiger partial charge is 0.326 e. The molecule has 2 aliphatic heterocycles. The van der Waals surface area contributed by atoms with Crippen molar-refractivity contribution in [2.24, 2.45) is 5.10 Å². The number of benzene rings is 1. The molecule has 92 valence electrons. The SMILES string of the molecule is CN1N=C(c2ccc3c(c2)CC(=O)N3)CCC1=O. The molecule has 0 aromatic heterocycles. The van der Waals surface area contributed by atoms with E-state index in [4.69, 9.17) is 0 Å². The second-order valence-corrected chi connectivity index (χ2v) is 4.56. The van der Waals surface area contributed by atoms with Crippen molar-refractivity contribution in [2.45, 2.75) is 19.3 Å².